The molecule has 0 aliphatic carbocycles. The Bertz CT molecular complexity index is 225. The fourth-order valence-corrected chi connectivity index (χ4v) is 1.18. The fourth-order valence-electron chi connectivity index (χ4n) is 0.853. The van der Waals surface area contributed by atoms with Crippen LogP contribution in [-0.4, -0.2) is 0 Å². The third kappa shape index (κ3) is 2.95. The van der Waals surface area contributed by atoms with Gasteiger partial charge in [-0.3, -0.25) is 0 Å². The molecule has 0 fully saturated rings. The molecule has 0 spiro atoms. The van der Waals surface area contributed by atoms with E-state index in [1.54, 1.807) is 0 Å². The highest BCUT2D eigenvalue weighted by molar-refractivity contribution is 6.28. The van der Waals surface area contributed by atoms with Crippen molar-refractivity contribution in [2.24, 2.45) is 0 Å². The van der Waals surface area contributed by atoms with Crippen molar-refractivity contribution >= 4 is 11.6 Å². The van der Waals surface area contributed by atoms with Gasteiger partial charge >= 0.3 is 0 Å². The first-order valence-electron chi connectivity index (χ1n) is 3.37. The highest BCUT2D eigenvalue weighted by Gasteiger charge is 2.08. The number of pyridine rings is 1. The Hall–Kier alpha value is 0.170. The average molecular weight is 284 g/mol. The molecule has 0 bridgehead atoms. The maximum atomic E-state index is 5.88. The second kappa shape index (κ2) is 4.93. The summed E-state index contributed by atoms with van der Waals surface area (Å²) in [5, 5.41) is 0.789. The summed E-state index contributed by atoms with van der Waals surface area (Å²) in [5.74, 6) is 0. The first-order valence-corrected chi connectivity index (χ1v) is 3.75. The lowest BCUT2D eigenvalue weighted by atomic mass is 10.3. The molecule has 11 heavy (non-hydrogen) atoms. The van der Waals surface area contributed by atoms with Gasteiger partial charge in [0.1, 0.15) is 0 Å². The number of aromatic nitrogens is 1. The number of halogens is 2. The lowest BCUT2D eigenvalue weighted by molar-refractivity contribution is -0.714. The molecule has 1 aromatic rings. The summed E-state index contributed by atoms with van der Waals surface area (Å²) >= 11 is 5.88. The quantitative estimate of drug-likeness (QED) is 0.361. The Morgan fingerprint density at radius 2 is 2.00 bits per heavy atom. The van der Waals surface area contributed by atoms with Crippen LogP contribution in [-0.2, 0) is 0 Å². The average Bonchev–Trinajstić information content (AvgIpc) is 1.88. The van der Waals surface area contributed by atoms with Gasteiger partial charge in [0.25, 0.3) is 5.15 Å². The van der Waals surface area contributed by atoms with E-state index in [9.17, 15) is 0 Å². The third-order valence-corrected chi connectivity index (χ3v) is 1.72. The molecule has 0 aliphatic heterocycles. The van der Waals surface area contributed by atoms with Gasteiger partial charge in [-0.05, 0) is 31.5 Å². The van der Waals surface area contributed by atoms with Gasteiger partial charge in [-0.1, -0.05) is 0 Å². The minimum absolute atomic E-state index is 0. The van der Waals surface area contributed by atoms with E-state index >= 15 is 0 Å². The van der Waals surface area contributed by atoms with Crippen LogP contribution in [0.4, 0.5) is 0 Å². The topological polar surface area (TPSA) is 3.88 Å². The van der Waals surface area contributed by atoms with Crippen molar-refractivity contribution < 1.29 is 28.5 Å². The van der Waals surface area contributed by atoms with Crippen LogP contribution in [0.25, 0.3) is 0 Å². The van der Waals surface area contributed by atoms with Gasteiger partial charge in [0.15, 0.2) is 12.2 Å². The lowest BCUT2D eigenvalue weighted by Gasteiger charge is -1.99. The largest absolute Gasteiger partial charge is 1.00 e. The van der Waals surface area contributed by atoms with E-state index in [0.29, 0.717) is 6.04 Å². The lowest BCUT2D eigenvalue weighted by Crippen LogP contribution is -3.00. The molecule has 0 amide bonds. The molecule has 62 valence electrons. The molecule has 0 N–H and O–H groups in total. The van der Waals surface area contributed by atoms with Gasteiger partial charge < -0.3 is 24.0 Å². The molecular formula is C8H11ClIN. The van der Waals surface area contributed by atoms with Crippen molar-refractivity contribution in [3.63, 3.8) is 0 Å². The van der Waals surface area contributed by atoms with E-state index in [4.69, 9.17) is 11.6 Å². The molecule has 0 unspecified atom stereocenters. The number of nitrogens with zero attached hydrogens (tertiary/aromatic N) is 1. The third-order valence-electron chi connectivity index (χ3n) is 1.39. The van der Waals surface area contributed by atoms with Gasteiger partial charge in [0.05, 0.1) is 0 Å². The Kier molecular flexibility index (Phi) is 5.01. The Morgan fingerprint density at radius 3 is 2.36 bits per heavy atom. The molecule has 1 aromatic heterocycles. The zero-order chi connectivity index (χ0) is 7.56. The summed E-state index contributed by atoms with van der Waals surface area (Å²) in [6.45, 7) is 4.21. The summed E-state index contributed by atoms with van der Waals surface area (Å²) in [6, 6.07) is 6.24. The standard InChI is InChI=1S/C8H11ClN.HI/c1-7(2)10-6-4-3-5-8(10)9;/h3-7H,1-2H3;1H/q+1;/p-1. The summed E-state index contributed by atoms with van der Waals surface area (Å²) in [4.78, 5) is 0. The second-order valence-corrected chi connectivity index (χ2v) is 2.91. The molecule has 0 saturated heterocycles. The number of rotatable bonds is 1. The highest BCUT2D eigenvalue weighted by Crippen LogP contribution is 2.02. The van der Waals surface area contributed by atoms with Crippen LogP contribution < -0.4 is 28.5 Å². The monoisotopic (exact) mass is 283 g/mol. The van der Waals surface area contributed by atoms with Crippen molar-refractivity contribution in [3.05, 3.63) is 29.5 Å². The van der Waals surface area contributed by atoms with Crippen LogP contribution >= 0.6 is 11.6 Å². The van der Waals surface area contributed by atoms with E-state index in [0.717, 1.165) is 5.15 Å². The predicted octanol–water partition coefficient (Wildman–Crippen LogP) is -0.788. The minimum atomic E-state index is 0. The second-order valence-electron chi connectivity index (χ2n) is 2.52. The fraction of sp³-hybridized carbons (Fsp3) is 0.375. The smallest absolute Gasteiger partial charge is 0.275 e. The maximum Gasteiger partial charge on any atom is 0.275 e. The van der Waals surface area contributed by atoms with E-state index in [-0.39, 0.29) is 24.0 Å². The maximum absolute atomic E-state index is 5.88. The Balaban J connectivity index is 0.000001000. The zero-order valence-electron chi connectivity index (χ0n) is 6.59. The van der Waals surface area contributed by atoms with Gasteiger partial charge in [-0.25, -0.2) is 0 Å². The SMILES string of the molecule is CC(C)[n+]1ccccc1Cl.[I-]. The molecule has 3 heteroatoms. The van der Waals surface area contributed by atoms with E-state index in [1.165, 1.54) is 0 Å². The van der Waals surface area contributed by atoms with Crippen LogP contribution in [0.3, 0.4) is 0 Å². The van der Waals surface area contributed by atoms with Gasteiger partial charge in [-0.15, -0.1) is 0 Å². The van der Waals surface area contributed by atoms with Crippen molar-refractivity contribution in [1.29, 1.82) is 0 Å². The van der Waals surface area contributed by atoms with Crippen LogP contribution in [0.1, 0.15) is 19.9 Å². The first-order chi connectivity index (χ1) is 4.72. The molecule has 0 radical (unpaired) electrons. The molecule has 0 aromatic carbocycles. The first kappa shape index (κ1) is 11.2. The summed E-state index contributed by atoms with van der Waals surface area (Å²) in [7, 11) is 0. The molecule has 1 heterocycles. The van der Waals surface area contributed by atoms with Crippen molar-refractivity contribution in [2.45, 2.75) is 19.9 Å². The molecule has 0 aliphatic rings. The summed E-state index contributed by atoms with van der Waals surface area (Å²) in [6.07, 6.45) is 1.98. The summed E-state index contributed by atoms with van der Waals surface area (Å²) < 4.78 is 2.02. The molecule has 1 nitrogen and oxygen atoms in total. The molecule has 0 atom stereocenters. The van der Waals surface area contributed by atoms with Gasteiger partial charge in [-0.2, -0.15) is 4.57 Å². The zero-order valence-corrected chi connectivity index (χ0v) is 9.50. The van der Waals surface area contributed by atoms with Gasteiger partial charge in [0.2, 0.25) is 0 Å². The molecular weight excluding hydrogens is 272 g/mol. The van der Waals surface area contributed by atoms with E-state index < -0.39 is 0 Å². The van der Waals surface area contributed by atoms with E-state index in [1.807, 2.05) is 29.0 Å². The Labute approximate surface area is 89.4 Å². The predicted molar refractivity (Wildman–Crippen MR) is 42.0 cm³/mol. The summed E-state index contributed by atoms with van der Waals surface area (Å²) in [5.41, 5.74) is 0. The molecule has 0 saturated carbocycles. The number of hydrogen-bond donors (Lipinski definition) is 0. The van der Waals surface area contributed by atoms with Crippen molar-refractivity contribution in [1.82, 2.24) is 0 Å². The van der Waals surface area contributed by atoms with Gasteiger partial charge in [0, 0.05) is 12.1 Å². The number of hydrogen-bond acceptors (Lipinski definition) is 0. The van der Waals surface area contributed by atoms with Crippen LogP contribution in [0.2, 0.25) is 5.15 Å². The Morgan fingerprint density at radius 1 is 1.36 bits per heavy atom. The van der Waals surface area contributed by atoms with Crippen LogP contribution in [0.15, 0.2) is 24.4 Å². The van der Waals surface area contributed by atoms with Crippen molar-refractivity contribution in [2.75, 3.05) is 0 Å². The minimum Gasteiger partial charge on any atom is -1.00 e. The van der Waals surface area contributed by atoms with E-state index in [2.05, 4.69) is 13.8 Å². The highest BCUT2D eigenvalue weighted by atomic mass is 127. The van der Waals surface area contributed by atoms with Crippen LogP contribution in [0, 0.1) is 0 Å². The molecule has 1 rings (SSSR count). The van der Waals surface area contributed by atoms with Crippen molar-refractivity contribution in [3.8, 4) is 0 Å². The normalized spacial score (nSPS) is 9.45. The van der Waals surface area contributed by atoms with Crippen LogP contribution in [0.5, 0.6) is 0 Å².